The molecule has 1 saturated heterocycles. The quantitative estimate of drug-likeness (QED) is 0.419. The molecule has 12 heteroatoms. The lowest BCUT2D eigenvalue weighted by Crippen LogP contribution is -2.45. The first-order chi connectivity index (χ1) is 17.6. The molecule has 1 unspecified atom stereocenters. The maximum Gasteiger partial charge on any atom is 0.417 e. The zero-order valence-corrected chi connectivity index (χ0v) is 23.8. The molecule has 3 rings (SSSR count). The molecule has 1 aliphatic heterocycles. The van der Waals surface area contributed by atoms with Gasteiger partial charge in [0.15, 0.2) is 0 Å². The van der Waals surface area contributed by atoms with Crippen LogP contribution in [0.15, 0.2) is 36.4 Å². The molecule has 0 bridgehead atoms. The van der Waals surface area contributed by atoms with Crippen LogP contribution >= 0.6 is 23.2 Å². The molecule has 1 amide bonds. The Morgan fingerprint density at radius 3 is 2.37 bits per heavy atom. The van der Waals surface area contributed by atoms with E-state index in [1.54, 1.807) is 13.1 Å². The van der Waals surface area contributed by atoms with Crippen LogP contribution in [-0.2, 0) is 27.5 Å². The van der Waals surface area contributed by atoms with Crippen molar-refractivity contribution in [2.24, 2.45) is 0 Å². The summed E-state index contributed by atoms with van der Waals surface area (Å²) in [6.45, 7) is 3.81. The molecule has 0 saturated carbocycles. The van der Waals surface area contributed by atoms with Gasteiger partial charge in [-0.25, -0.2) is 13.1 Å². The Labute approximate surface area is 232 Å². The second-order valence-electron chi connectivity index (χ2n) is 9.86. The number of hydrogen-bond donors (Lipinski definition) is 1. The van der Waals surface area contributed by atoms with Crippen molar-refractivity contribution in [2.75, 3.05) is 32.9 Å². The van der Waals surface area contributed by atoms with Crippen molar-refractivity contribution in [1.82, 2.24) is 14.5 Å². The third kappa shape index (κ3) is 8.58. The SMILES string of the molecule is Cc1ccc(C(CCN2CCC(NS(C)(=O)=O)CC2)C(=O)N(C)Cc2ccc(Cl)c(C(F)(F)F)c2)cc1Cl. The van der Waals surface area contributed by atoms with E-state index in [-0.39, 0.29) is 18.5 Å². The smallest absolute Gasteiger partial charge is 0.341 e. The number of aryl methyl sites for hydroxylation is 1. The first kappa shape index (κ1) is 30.7. The van der Waals surface area contributed by atoms with Crippen LogP contribution in [0, 0.1) is 6.92 Å². The fraction of sp³-hybridized carbons (Fsp3) is 0.500. The lowest BCUT2D eigenvalue weighted by atomic mass is 9.92. The van der Waals surface area contributed by atoms with Crippen LogP contribution in [0.3, 0.4) is 0 Å². The van der Waals surface area contributed by atoms with E-state index >= 15 is 0 Å². The predicted octanol–water partition coefficient (Wildman–Crippen LogP) is 5.47. The molecule has 0 radical (unpaired) electrons. The normalized spacial score (nSPS) is 16.4. The lowest BCUT2D eigenvalue weighted by Gasteiger charge is -2.33. The summed E-state index contributed by atoms with van der Waals surface area (Å²) in [5, 5.41) is 0.140. The van der Waals surface area contributed by atoms with Gasteiger partial charge in [0, 0.05) is 24.7 Å². The second kappa shape index (κ2) is 12.6. The molecule has 2 aromatic rings. The number of halogens is 5. The summed E-state index contributed by atoms with van der Waals surface area (Å²) in [6.07, 6.45) is -1.64. The number of alkyl halides is 3. The summed E-state index contributed by atoms with van der Waals surface area (Å²) in [5.74, 6) is -0.790. The molecule has 1 fully saturated rings. The topological polar surface area (TPSA) is 69.7 Å². The number of amides is 1. The third-order valence-corrected chi connectivity index (χ3v) is 8.23. The zero-order chi connectivity index (χ0) is 28.3. The van der Waals surface area contributed by atoms with Crippen LogP contribution in [0.4, 0.5) is 13.2 Å². The number of benzene rings is 2. The first-order valence-electron chi connectivity index (χ1n) is 12.2. The van der Waals surface area contributed by atoms with Gasteiger partial charge in [0.2, 0.25) is 15.9 Å². The summed E-state index contributed by atoms with van der Waals surface area (Å²) >= 11 is 12.1. The highest BCUT2D eigenvalue weighted by Crippen LogP contribution is 2.35. The van der Waals surface area contributed by atoms with Gasteiger partial charge in [-0.1, -0.05) is 41.4 Å². The minimum absolute atomic E-state index is 0.0161. The summed E-state index contributed by atoms with van der Waals surface area (Å²) in [6, 6.07) is 8.99. The molecule has 38 heavy (non-hydrogen) atoms. The number of carbonyl (C=O) groups excluding carboxylic acids is 1. The van der Waals surface area contributed by atoms with Gasteiger partial charge in [-0.2, -0.15) is 13.2 Å². The van der Waals surface area contributed by atoms with Crippen LogP contribution in [-0.4, -0.2) is 63.1 Å². The first-order valence-corrected chi connectivity index (χ1v) is 14.8. The third-order valence-electron chi connectivity index (χ3n) is 6.73. The monoisotopic (exact) mass is 593 g/mol. The Morgan fingerprint density at radius 1 is 1.13 bits per heavy atom. The average Bonchev–Trinajstić information content (AvgIpc) is 2.81. The van der Waals surface area contributed by atoms with Crippen molar-refractivity contribution in [1.29, 1.82) is 0 Å². The second-order valence-corrected chi connectivity index (χ2v) is 12.5. The molecule has 1 atom stereocenters. The number of carbonyl (C=O) groups is 1. The summed E-state index contributed by atoms with van der Waals surface area (Å²) in [4.78, 5) is 17.2. The molecule has 1 N–H and O–H groups in total. The van der Waals surface area contributed by atoms with Crippen molar-refractivity contribution >= 4 is 39.1 Å². The number of hydrogen-bond acceptors (Lipinski definition) is 4. The minimum atomic E-state index is -4.60. The van der Waals surface area contributed by atoms with Gasteiger partial charge >= 0.3 is 6.18 Å². The standard InChI is InChI=1S/C26H32Cl2F3N3O3S/c1-17-4-6-19(15-24(17)28)21(10-13-34-11-8-20(9-12-34)32-38(3,36)37)25(35)33(2)16-18-5-7-23(27)22(14-18)26(29,30)31/h4-7,14-15,20-21,32H,8-13,16H2,1-3H3. The number of likely N-dealkylation sites (tertiary alicyclic amines) is 1. The van der Waals surface area contributed by atoms with E-state index in [1.807, 2.05) is 19.1 Å². The summed E-state index contributed by atoms with van der Waals surface area (Å²) in [7, 11) is -1.71. The van der Waals surface area contributed by atoms with Gasteiger partial charge < -0.3 is 9.80 Å². The summed E-state index contributed by atoms with van der Waals surface area (Å²) in [5.41, 5.74) is 0.987. The zero-order valence-electron chi connectivity index (χ0n) is 21.5. The lowest BCUT2D eigenvalue weighted by molar-refractivity contribution is -0.137. The Bertz CT molecular complexity index is 1250. The Morgan fingerprint density at radius 2 is 1.79 bits per heavy atom. The van der Waals surface area contributed by atoms with Gasteiger partial charge in [0.25, 0.3) is 0 Å². The van der Waals surface area contributed by atoms with Gasteiger partial charge in [-0.3, -0.25) is 4.79 Å². The van der Waals surface area contributed by atoms with Crippen LogP contribution in [0.1, 0.15) is 47.4 Å². The number of likely N-dealkylation sites (N-methyl/N-ethyl adjacent to an activating group) is 1. The van der Waals surface area contributed by atoms with E-state index in [2.05, 4.69) is 9.62 Å². The van der Waals surface area contributed by atoms with Crippen molar-refractivity contribution in [3.05, 3.63) is 68.7 Å². The number of rotatable bonds is 9. The van der Waals surface area contributed by atoms with E-state index < -0.39 is 32.7 Å². The highest BCUT2D eigenvalue weighted by Gasteiger charge is 2.34. The fourth-order valence-electron chi connectivity index (χ4n) is 4.65. The summed E-state index contributed by atoms with van der Waals surface area (Å²) < 4.78 is 65.6. The Kier molecular flexibility index (Phi) is 10.1. The van der Waals surface area contributed by atoms with Crippen LogP contribution in [0.25, 0.3) is 0 Å². The van der Waals surface area contributed by atoms with Crippen LogP contribution in [0.2, 0.25) is 10.0 Å². The molecule has 1 heterocycles. The van der Waals surface area contributed by atoms with Crippen molar-refractivity contribution in [2.45, 2.75) is 50.9 Å². The maximum absolute atomic E-state index is 13.6. The van der Waals surface area contributed by atoms with Gasteiger partial charge in [0.1, 0.15) is 0 Å². The van der Waals surface area contributed by atoms with E-state index in [0.29, 0.717) is 49.5 Å². The molecular formula is C26H32Cl2F3N3O3S. The molecule has 0 aromatic heterocycles. The van der Waals surface area contributed by atoms with Crippen LogP contribution in [0.5, 0.6) is 0 Å². The van der Waals surface area contributed by atoms with E-state index in [4.69, 9.17) is 23.2 Å². The van der Waals surface area contributed by atoms with Crippen molar-refractivity contribution < 1.29 is 26.4 Å². The predicted molar refractivity (Wildman–Crippen MR) is 144 cm³/mol. The molecule has 210 valence electrons. The molecule has 0 spiro atoms. The van der Waals surface area contributed by atoms with Crippen molar-refractivity contribution in [3.8, 4) is 0 Å². The van der Waals surface area contributed by atoms with Gasteiger partial charge in [-0.15, -0.1) is 0 Å². The van der Waals surface area contributed by atoms with Crippen LogP contribution < -0.4 is 4.72 Å². The van der Waals surface area contributed by atoms with E-state index in [0.717, 1.165) is 23.4 Å². The Hall–Kier alpha value is -1.85. The maximum atomic E-state index is 13.6. The Balaban J connectivity index is 1.74. The van der Waals surface area contributed by atoms with E-state index in [9.17, 15) is 26.4 Å². The number of nitrogens with zero attached hydrogens (tertiary/aromatic N) is 2. The molecule has 6 nitrogen and oxygen atoms in total. The van der Waals surface area contributed by atoms with E-state index in [1.165, 1.54) is 17.0 Å². The average molecular weight is 595 g/mol. The molecule has 2 aromatic carbocycles. The van der Waals surface area contributed by atoms with Gasteiger partial charge in [0.05, 0.1) is 22.8 Å². The van der Waals surface area contributed by atoms with Gasteiger partial charge in [-0.05, 0) is 80.7 Å². The van der Waals surface area contributed by atoms with Crippen molar-refractivity contribution in [3.63, 3.8) is 0 Å². The molecule has 1 aliphatic rings. The largest absolute Gasteiger partial charge is 0.417 e. The highest BCUT2D eigenvalue weighted by atomic mass is 35.5. The number of sulfonamides is 1. The fourth-order valence-corrected chi connectivity index (χ4v) is 5.91. The molecular weight excluding hydrogens is 562 g/mol. The molecule has 0 aliphatic carbocycles. The number of nitrogens with one attached hydrogen (secondary N) is 1. The number of piperidine rings is 1. The minimum Gasteiger partial charge on any atom is -0.341 e. The highest BCUT2D eigenvalue weighted by molar-refractivity contribution is 7.88.